The van der Waals surface area contributed by atoms with Crippen LogP contribution in [-0.2, 0) is 34.0 Å². The fourth-order valence-electron chi connectivity index (χ4n) is 6.60. The van der Waals surface area contributed by atoms with Gasteiger partial charge in [-0.25, -0.2) is 13.2 Å². The number of carboxylic acids is 1. The predicted molar refractivity (Wildman–Crippen MR) is 178 cm³/mol. The summed E-state index contributed by atoms with van der Waals surface area (Å²) < 4.78 is 78.6. The highest BCUT2D eigenvalue weighted by Crippen LogP contribution is 2.43. The number of methoxy groups -OCH3 is 1. The smallest absolute Gasteiger partial charge is 0.416 e. The molecule has 0 bridgehead atoms. The lowest BCUT2D eigenvalue weighted by atomic mass is 9.89. The summed E-state index contributed by atoms with van der Waals surface area (Å²) in [5.41, 5.74) is 2.58. The van der Waals surface area contributed by atoms with Crippen molar-refractivity contribution >= 4 is 32.7 Å². The highest BCUT2D eigenvalue weighted by molar-refractivity contribution is 7.89. The quantitative estimate of drug-likeness (QED) is 0.213. The molecule has 1 amide bonds. The van der Waals surface area contributed by atoms with Gasteiger partial charge in [-0.1, -0.05) is 66.7 Å². The van der Waals surface area contributed by atoms with E-state index in [1.807, 2.05) is 12.1 Å². The minimum atomic E-state index is -4.89. The molecular formula is C36H30F3N3O7S. The number of aromatic nitrogens is 1. The molecule has 1 aromatic heterocycles. The van der Waals surface area contributed by atoms with E-state index in [4.69, 9.17) is 10.5 Å². The van der Waals surface area contributed by atoms with Crippen molar-refractivity contribution in [1.29, 1.82) is 0 Å². The van der Waals surface area contributed by atoms with Crippen molar-refractivity contribution in [3.63, 3.8) is 0 Å². The topological polar surface area (TPSA) is 149 Å². The Balaban J connectivity index is 1.74. The van der Waals surface area contributed by atoms with Crippen LogP contribution in [0.1, 0.15) is 45.6 Å². The van der Waals surface area contributed by atoms with Gasteiger partial charge in [-0.3, -0.25) is 14.2 Å². The second-order valence-corrected chi connectivity index (χ2v) is 13.7. The monoisotopic (exact) mass is 705 g/mol. The summed E-state index contributed by atoms with van der Waals surface area (Å²) in [5.74, 6) is -2.43. The molecule has 4 aromatic carbocycles. The minimum Gasteiger partial charge on any atom is -0.497 e. The number of nitrogens with two attached hydrogens (primary N) is 1. The van der Waals surface area contributed by atoms with Crippen LogP contribution in [0.25, 0.3) is 21.9 Å². The number of pyridine rings is 1. The maximum atomic E-state index is 14.8. The highest BCUT2D eigenvalue weighted by atomic mass is 32.2. The number of primary amides is 1. The summed E-state index contributed by atoms with van der Waals surface area (Å²) in [5, 5.41) is 11.1. The van der Waals surface area contributed by atoms with Crippen molar-refractivity contribution in [1.82, 2.24) is 8.87 Å². The van der Waals surface area contributed by atoms with Crippen LogP contribution in [0, 0.1) is 0 Å². The molecule has 2 heterocycles. The van der Waals surface area contributed by atoms with E-state index >= 15 is 0 Å². The first-order chi connectivity index (χ1) is 23.6. The van der Waals surface area contributed by atoms with Crippen LogP contribution in [0.2, 0.25) is 0 Å². The molecule has 0 saturated heterocycles. The van der Waals surface area contributed by atoms with E-state index in [-0.39, 0.29) is 24.1 Å². The van der Waals surface area contributed by atoms with Gasteiger partial charge in [0.15, 0.2) is 11.1 Å². The molecule has 14 heteroatoms. The number of nitrogens with zero attached hydrogens (tertiary/aromatic N) is 2. The summed E-state index contributed by atoms with van der Waals surface area (Å²) in [4.78, 5) is 40.5. The number of amides is 1. The summed E-state index contributed by atoms with van der Waals surface area (Å²) in [6.45, 7) is 0.941. The molecule has 2 atom stereocenters. The number of carbonyl (C=O) groups is 2. The van der Waals surface area contributed by atoms with Gasteiger partial charge in [0.1, 0.15) is 11.3 Å². The first-order valence-corrected chi connectivity index (χ1v) is 16.7. The third kappa shape index (κ3) is 5.90. The normalized spacial score (nSPS) is 17.3. The van der Waals surface area contributed by atoms with Crippen molar-refractivity contribution in [3.05, 3.63) is 129 Å². The molecule has 0 saturated carbocycles. The van der Waals surface area contributed by atoms with Crippen LogP contribution < -0.4 is 16.0 Å². The fraction of sp³-hybridized carbons (Fsp3) is 0.194. The number of benzene rings is 4. The number of hydrogen-bond donors (Lipinski definition) is 2. The predicted octanol–water partition coefficient (Wildman–Crippen LogP) is 5.60. The second-order valence-electron chi connectivity index (χ2n) is 11.9. The number of fused-ring (bicyclic) bond motifs is 2. The molecule has 258 valence electrons. The number of rotatable bonds is 8. The Bertz CT molecular complexity index is 2330. The number of carboxylic acid groups (broad SMARTS) is 1. The van der Waals surface area contributed by atoms with Crippen molar-refractivity contribution in [3.8, 4) is 16.9 Å². The Hall–Kier alpha value is -5.47. The molecule has 5 aromatic rings. The van der Waals surface area contributed by atoms with Gasteiger partial charge in [-0.05, 0) is 70.6 Å². The molecule has 10 nitrogen and oxygen atoms in total. The third-order valence-electron chi connectivity index (χ3n) is 8.93. The summed E-state index contributed by atoms with van der Waals surface area (Å²) in [7, 11) is -3.45. The number of halogens is 3. The first kappa shape index (κ1) is 34.4. The zero-order chi connectivity index (χ0) is 36.1. The van der Waals surface area contributed by atoms with Crippen LogP contribution in [0.5, 0.6) is 5.75 Å². The first-order valence-electron chi connectivity index (χ1n) is 15.3. The lowest BCUT2D eigenvalue weighted by molar-refractivity contribution is -0.143. The molecule has 0 aliphatic carbocycles. The number of carbonyl (C=O) groups excluding carboxylic acids is 1. The number of alkyl halides is 3. The van der Waals surface area contributed by atoms with Crippen LogP contribution in [0.3, 0.4) is 0 Å². The van der Waals surface area contributed by atoms with Gasteiger partial charge in [0.2, 0.25) is 0 Å². The Kier molecular flexibility index (Phi) is 8.78. The van der Waals surface area contributed by atoms with E-state index < -0.39 is 67.4 Å². The number of aliphatic carboxylic acids is 1. The zero-order valence-electron chi connectivity index (χ0n) is 26.6. The molecule has 1 aliphatic heterocycles. The lowest BCUT2D eigenvalue weighted by Gasteiger charge is -2.40. The lowest BCUT2D eigenvalue weighted by Crippen LogP contribution is -2.55. The van der Waals surface area contributed by atoms with E-state index in [0.29, 0.717) is 32.9 Å². The van der Waals surface area contributed by atoms with E-state index in [2.05, 4.69) is 0 Å². The Morgan fingerprint density at radius 3 is 2.26 bits per heavy atom. The van der Waals surface area contributed by atoms with Crippen molar-refractivity contribution in [2.45, 2.75) is 43.2 Å². The molecule has 6 rings (SSSR count). The number of sulfonamides is 1. The van der Waals surface area contributed by atoms with Gasteiger partial charge in [0.25, 0.3) is 21.5 Å². The Morgan fingerprint density at radius 2 is 1.62 bits per heavy atom. The fourth-order valence-corrected chi connectivity index (χ4v) is 8.64. The SMILES string of the molecule is COc1ccc(CN2C(C)C(C(=O)O)n3c(c(-c4cccc(C(F)(F)F)c4)c(Cc4cccc5ccccc45)c(C(N)=O)c3=O)S2(=O)=O)cc1. The van der Waals surface area contributed by atoms with Crippen LogP contribution >= 0.6 is 0 Å². The molecular weight excluding hydrogens is 675 g/mol. The van der Waals surface area contributed by atoms with Crippen molar-refractivity contribution < 1.29 is 41.0 Å². The maximum absolute atomic E-state index is 14.8. The standard InChI is InChI=1S/C36H30F3N3O7S/c1-20-31(35(45)46)42-33(44)30(32(40)43)28(18-23-9-5-8-22-7-3-4-12-27(22)23)29(24-10-6-11-25(17-24)36(37,38)39)34(42)50(47,48)41(20)19-21-13-15-26(49-2)16-14-21/h3-17,20,31H,18-19H2,1-2H3,(H2,40,43)(H,45,46). The Labute approximate surface area is 284 Å². The van der Waals surface area contributed by atoms with Crippen LogP contribution in [0.15, 0.2) is 101 Å². The van der Waals surface area contributed by atoms with E-state index in [9.17, 15) is 41.1 Å². The van der Waals surface area contributed by atoms with E-state index in [1.165, 1.54) is 20.1 Å². The Morgan fingerprint density at radius 1 is 0.960 bits per heavy atom. The van der Waals surface area contributed by atoms with Gasteiger partial charge < -0.3 is 15.6 Å². The van der Waals surface area contributed by atoms with Crippen molar-refractivity contribution in [2.24, 2.45) is 5.73 Å². The molecule has 0 fully saturated rings. The summed E-state index contributed by atoms with van der Waals surface area (Å²) in [6.07, 6.45) is -5.17. The number of hydrogen-bond acceptors (Lipinski definition) is 6. The summed E-state index contributed by atoms with van der Waals surface area (Å²) >= 11 is 0. The second kappa shape index (κ2) is 12.8. The average Bonchev–Trinajstić information content (AvgIpc) is 3.07. The molecule has 0 radical (unpaired) electrons. The van der Waals surface area contributed by atoms with Crippen LogP contribution in [-0.4, -0.2) is 47.4 Å². The van der Waals surface area contributed by atoms with Crippen molar-refractivity contribution in [2.75, 3.05) is 7.11 Å². The third-order valence-corrected chi connectivity index (χ3v) is 10.9. The molecule has 1 aliphatic rings. The number of ether oxygens (including phenoxy) is 1. The largest absolute Gasteiger partial charge is 0.497 e. The molecule has 3 N–H and O–H groups in total. The average molecular weight is 706 g/mol. The molecule has 50 heavy (non-hydrogen) atoms. The van der Waals surface area contributed by atoms with E-state index in [1.54, 1.807) is 54.6 Å². The van der Waals surface area contributed by atoms with Gasteiger partial charge in [0.05, 0.1) is 18.7 Å². The highest BCUT2D eigenvalue weighted by Gasteiger charge is 2.49. The zero-order valence-corrected chi connectivity index (χ0v) is 27.5. The van der Waals surface area contributed by atoms with Gasteiger partial charge in [-0.2, -0.15) is 17.5 Å². The minimum absolute atomic E-state index is 0.254. The summed E-state index contributed by atoms with van der Waals surface area (Å²) in [6, 6.07) is 19.1. The van der Waals surface area contributed by atoms with Gasteiger partial charge in [0, 0.05) is 12.1 Å². The molecule has 2 unspecified atom stereocenters. The van der Waals surface area contributed by atoms with E-state index in [0.717, 1.165) is 21.8 Å². The maximum Gasteiger partial charge on any atom is 0.416 e. The van der Waals surface area contributed by atoms with Gasteiger partial charge in [-0.15, -0.1) is 0 Å². The van der Waals surface area contributed by atoms with Crippen LogP contribution in [0.4, 0.5) is 13.2 Å². The van der Waals surface area contributed by atoms with Gasteiger partial charge >= 0.3 is 12.1 Å². The molecule has 0 spiro atoms.